The van der Waals surface area contributed by atoms with Gasteiger partial charge in [-0.05, 0) is 92.5 Å². The van der Waals surface area contributed by atoms with Crippen LogP contribution in [-0.2, 0) is 27.7 Å². The first kappa shape index (κ1) is 24.0. The van der Waals surface area contributed by atoms with Gasteiger partial charge >= 0.3 is 0 Å². The summed E-state index contributed by atoms with van der Waals surface area (Å²) in [5.74, 6) is -0.342. The van der Waals surface area contributed by atoms with Crippen molar-refractivity contribution < 1.29 is 13.2 Å². The monoisotopic (exact) mass is 476 g/mol. The second-order valence-corrected chi connectivity index (χ2v) is 11.0. The zero-order valence-corrected chi connectivity index (χ0v) is 20.9. The van der Waals surface area contributed by atoms with Crippen LogP contribution in [0.5, 0.6) is 0 Å². The van der Waals surface area contributed by atoms with Gasteiger partial charge in [0.2, 0.25) is 5.91 Å². The van der Waals surface area contributed by atoms with E-state index >= 15 is 0 Å². The third-order valence-electron chi connectivity index (χ3n) is 6.50. The number of nitrogens with one attached hydrogen (secondary N) is 1. The highest BCUT2D eigenvalue weighted by Crippen LogP contribution is 2.28. The normalized spacial score (nSPS) is 14.2. The van der Waals surface area contributed by atoms with Crippen molar-refractivity contribution in [2.75, 3.05) is 10.8 Å². The number of carbonyl (C=O) groups is 1. The van der Waals surface area contributed by atoms with E-state index in [9.17, 15) is 13.2 Å². The van der Waals surface area contributed by atoms with Gasteiger partial charge in [0.25, 0.3) is 10.0 Å². The van der Waals surface area contributed by atoms with Crippen LogP contribution in [0.1, 0.15) is 53.6 Å². The van der Waals surface area contributed by atoms with Crippen molar-refractivity contribution in [1.29, 1.82) is 0 Å². The molecule has 0 aliphatic heterocycles. The molecule has 1 aliphatic carbocycles. The van der Waals surface area contributed by atoms with Crippen molar-refractivity contribution in [3.63, 3.8) is 0 Å². The summed E-state index contributed by atoms with van der Waals surface area (Å²) in [7, 11) is -3.93. The average molecular weight is 477 g/mol. The molecule has 3 aromatic rings. The maximum atomic E-state index is 13.6. The Balaban J connectivity index is 1.60. The molecule has 0 unspecified atom stereocenters. The Bertz CT molecular complexity index is 1290. The largest absolute Gasteiger partial charge is 0.348 e. The van der Waals surface area contributed by atoms with Crippen LogP contribution in [-0.4, -0.2) is 20.9 Å². The predicted molar refractivity (Wildman–Crippen MR) is 137 cm³/mol. The van der Waals surface area contributed by atoms with Gasteiger partial charge in [-0.1, -0.05) is 48.5 Å². The fraction of sp³-hybridized carbons (Fsp3) is 0.321. The molecule has 6 heteroatoms. The summed E-state index contributed by atoms with van der Waals surface area (Å²) in [6.45, 7) is 5.41. The van der Waals surface area contributed by atoms with Crippen molar-refractivity contribution in [1.82, 2.24) is 5.32 Å². The molecule has 178 valence electrons. The summed E-state index contributed by atoms with van der Waals surface area (Å²) in [5.41, 5.74) is 6.02. The third kappa shape index (κ3) is 5.17. The summed E-state index contributed by atoms with van der Waals surface area (Å²) in [5, 5.41) is 3.02. The van der Waals surface area contributed by atoms with Crippen LogP contribution < -0.4 is 9.62 Å². The van der Waals surface area contributed by atoms with Crippen LogP contribution in [0, 0.1) is 13.8 Å². The number of carbonyl (C=O) groups excluding carboxylic acids is 1. The summed E-state index contributed by atoms with van der Waals surface area (Å²) in [6.07, 6.45) is 4.60. The second kappa shape index (κ2) is 10.0. The standard InChI is InChI=1S/C28H32N2O3S/c1-20-13-14-21(2)27(17-20)30(34(32,33)26-11-5-4-6-12-26)19-28(31)29-22(3)24-16-15-23-9-7-8-10-25(23)18-24/h4-6,11-18,22H,7-10,19H2,1-3H3,(H,29,31)/t22-/m0/s1. The molecule has 0 bridgehead atoms. The molecule has 0 heterocycles. The molecule has 34 heavy (non-hydrogen) atoms. The van der Waals surface area contributed by atoms with Crippen molar-refractivity contribution >= 4 is 21.6 Å². The van der Waals surface area contributed by atoms with Gasteiger partial charge in [-0.3, -0.25) is 9.10 Å². The van der Waals surface area contributed by atoms with Gasteiger partial charge in [0.1, 0.15) is 6.54 Å². The Labute approximate surface area is 202 Å². The van der Waals surface area contributed by atoms with Crippen LogP contribution in [0.4, 0.5) is 5.69 Å². The van der Waals surface area contributed by atoms with E-state index in [0.29, 0.717) is 5.69 Å². The molecule has 0 radical (unpaired) electrons. The third-order valence-corrected chi connectivity index (χ3v) is 8.28. The maximum Gasteiger partial charge on any atom is 0.264 e. The number of amides is 1. The molecule has 1 atom stereocenters. The number of aryl methyl sites for hydroxylation is 4. The number of hydrogen-bond donors (Lipinski definition) is 1. The zero-order chi connectivity index (χ0) is 24.3. The Morgan fingerprint density at radius 3 is 2.38 bits per heavy atom. The van der Waals surface area contributed by atoms with Gasteiger partial charge in [0.15, 0.2) is 0 Å². The lowest BCUT2D eigenvalue weighted by Crippen LogP contribution is -2.42. The van der Waals surface area contributed by atoms with Crippen molar-refractivity contribution in [2.24, 2.45) is 0 Å². The molecule has 5 nitrogen and oxygen atoms in total. The zero-order valence-electron chi connectivity index (χ0n) is 20.0. The maximum absolute atomic E-state index is 13.6. The topological polar surface area (TPSA) is 66.5 Å². The Morgan fingerprint density at radius 1 is 0.941 bits per heavy atom. The molecule has 1 aliphatic rings. The summed E-state index contributed by atoms with van der Waals surface area (Å²) < 4.78 is 28.4. The van der Waals surface area contributed by atoms with Crippen molar-refractivity contribution in [3.05, 3.63) is 94.5 Å². The minimum absolute atomic E-state index is 0.159. The van der Waals surface area contributed by atoms with Crippen LogP contribution in [0.3, 0.4) is 0 Å². The SMILES string of the molecule is Cc1ccc(C)c(N(CC(=O)N[C@@H](C)c2ccc3c(c2)CCCC3)S(=O)(=O)c2ccccc2)c1. The fourth-order valence-electron chi connectivity index (χ4n) is 4.53. The molecule has 0 saturated heterocycles. The van der Waals surface area contributed by atoms with Crippen LogP contribution in [0.25, 0.3) is 0 Å². The summed E-state index contributed by atoms with van der Waals surface area (Å²) >= 11 is 0. The Kier molecular flexibility index (Phi) is 7.08. The van der Waals surface area contributed by atoms with Gasteiger partial charge in [-0.15, -0.1) is 0 Å². The van der Waals surface area contributed by atoms with Gasteiger partial charge in [0, 0.05) is 0 Å². The molecule has 4 rings (SSSR count). The molecular formula is C28H32N2O3S. The van der Waals surface area contributed by atoms with E-state index in [1.54, 1.807) is 30.3 Å². The van der Waals surface area contributed by atoms with E-state index in [0.717, 1.165) is 29.5 Å². The highest BCUT2D eigenvalue weighted by Gasteiger charge is 2.29. The number of benzene rings is 3. The van der Waals surface area contributed by atoms with E-state index in [2.05, 4.69) is 23.5 Å². The first-order valence-corrected chi connectivity index (χ1v) is 13.3. The first-order valence-electron chi connectivity index (χ1n) is 11.8. The number of sulfonamides is 1. The minimum atomic E-state index is -3.93. The molecular weight excluding hydrogens is 444 g/mol. The fourth-order valence-corrected chi connectivity index (χ4v) is 6.03. The van der Waals surface area contributed by atoms with Crippen molar-refractivity contribution in [2.45, 2.75) is 57.4 Å². The molecule has 1 amide bonds. The lowest BCUT2D eigenvalue weighted by Gasteiger charge is -2.27. The minimum Gasteiger partial charge on any atom is -0.348 e. The smallest absolute Gasteiger partial charge is 0.264 e. The second-order valence-electron chi connectivity index (χ2n) is 9.14. The highest BCUT2D eigenvalue weighted by atomic mass is 32.2. The first-order chi connectivity index (χ1) is 16.3. The van der Waals surface area contributed by atoms with E-state index in [-0.39, 0.29) is 23.4 Å². The number of nitrogens with zero attached hydrogens (tertiary/aromatic N) is 1. The molecule has 0 fully saturated rings. The molecule has 1 N–H and O–H groups in total. The van der Waals surface area contributed by atoms with Gasteiger partial charge in [-0.25, -0.2) is 8.42 Å². The van der Waals surface area contributed by atoms with Gasteiger partial charge < -0.3 is 5.32 Å². The lowest BCUT2D eigenvalue weighted by atomic mass is 9.89. The lowest BCUT2D eigenvalue weighted by molar-refractivity contribution is -0.120. The summed E-state index contributed by atoms with van der Waals surface area (Å²) in [4.78, 5) is 13.3. The van der Waals surface area contributed by atoms with E-state index in [1.165, 1.54) is 28.3 Å². The number of fused-ring (bicyclic) bond motifs is 1. The Morgan fingerprint density at radius 2 is 1.65 bits per heavy atom. The Hall–Kier alpha value is -3.12. The van der Waals surface area contributed by atoms with Crippen LogP contribution >= 0.6 is 0 Å². The van der Waals surface area contributed by atoms with E-state index in [4.69, 9.17) is 0 Å². The van der Waals surface area contributed by atoms with Gasteiger partial charge in [0.05, 0.1) is 16.6 Å². The van der Waals surface area contributed by atoms with Crippen molar-refractivity contribution in [3.8, 4) is 0 Å². The number of rotatable bonds is 7. The molecule has 0 spiro atoms. The van der Waals surface area contributed by atoms with E-state index < -0.39 is 10.0 Å². The molecule has 0 saturated carbocycles. The molecule has 0 aromatic heterocycles. The molecule has 3 aromatic carbocycles. The van der Waals surface area contributed by atoms with Gasteiger partial charge in [-0.2, -0.15) is 0 Å². The number of hydrogen-bond acceptors (Lipinski definition) is 3. The average Bonchev–Trinajstić information content (AvgIpc) is 2.84. The number of anilines is 1. The highest BCUT2D eigenvalue weighted by molar-refractivity contribution is 7.92. The predicted octanol–water partition coefficient (Wildman–Crippen LogP) is 5.25. The van der Waals surface area contributed by atoms with Crippen LogP contribution in [0.15, 0.2) is 71.6 Å². The van der Waals surface area contributed by atoms with E-state index in [1.807, 2.05) is 39.0 Å². The quantitative estimate of drug-likeness (QED) is 0.506. The summed E-state index contributed by atoms with van der Waals surface area (Å²) in [6, 6.07) is 20.1. The van der Waals surface area contributed by atoms with Crippen LogP contribution in [0.2, 0.25) is 0 Å².